The second-order valence-electron chi connectivity index (χ2n) is 8.08. The molecule has 3 rings (SSSR count). The average molecular weight is 416 g/mol. The molecular formula is C21H25N3O4S. The number of carbonyl (C=O) groups is 4. The standard InChI is InChI=1S/C21H25N3O4S/c1-21(2,3)16(25)11-20-24(19(28)13-29-20)12-17(26)22-14-7-4-5-8-15(14)23-10-6-9-18(23)27/h4-5,7-8,11H,6,9-10,12-13H2,1-3H3,(H,22,26). The van der Waals surface area contributed by atoms with Crippen molar-refractivity contribution in [3.05, 3.63) is 35.4 Å². The molecule has 3 amide bonds. The van der Waals surface area contributed by atoms with Gasteiger partial charge in [-0.25, -0.2) is 0 Å². The average Bonchev–Trinajstić information content (AvgIpc) is 3.22. The Morgan fingerprint density at radius 2 is 1.90 bits per heavy atom. The molecule has 7 nitrogen and oxygen atoms in total. The first-order valence-electron chi connectivity index (χ1n) is 9.55. The highest BCUT2D eigenvalue weighted by molar-refractivity contribution is 8.04. The van der Waals surface area contributed by atoms with Gasteiger partial charge in [0.1, 0.15) is 6.54 Å². The number of nitrogens with zero attached hydrogens (tertiary/aromatic N) is 2. The summed E-state index contributed by atoms with van der Waals surface area (Å²) in [4.78, 5) is 52.3. The van der Waals surface area contributed by atoms with Crippen LogP contribution in [0, 0.1) is 5.41 Å². The summed E-state index contributed by atoms with van der Waals surface area (Å²) in [6.07, 6.45) is 2.73. The van der Waals surface area contributed by atoms with Gasteiger partial charge in [-0.3, -0.25) is 24.1 Å². The van der Waals surface area contributed by atoms with E-state index in [1.807, 2.05) is 26.8 Å². The fourth-order valence-electron chi connectivity index (χ4n) is 3.08. The molecule has 1 aromatic rings. The normalized spacial score (nSPS) is 18.7. The molecule has 0 aliphatic carbocycles. The smallest absolute Gasteiger partial charge is 0.244 e. The Morgan fingerprint density at radius 3 is 2.55 bits per heavy atom. The second-order valence-corrected chi connectivity index (χ2v) is 9.08. The summed E-state index contributed by atoms with van der Waals surface area (Å²) in [5.41, 5.74) is 0.626. The van der Waals surface area contributed by atoms with Crippen LogP contribution < -0.4 is 10.2 Å². The van der Waals surface area contributed by atoms with Crippen molar-refractivity contribution in [1.29, 1.82) is 0 Å². The number of carbonyl (C=O) groups excluding carboxylic acids is 4. The summed E-state index contributed by atoms with van der Waals surface area (Å²) in [5, 5.41) is 3.31. The van der Waals surface area contributed by atoms with Crippen molar-refractivity contribution in [2.45, 2.75) is 33.6 Å². The summed E-state index contributed by atoms with van der Waals surface area (Å²) in [6.45, 7) is 5.86. The quantitative estimate of drug-likeness (QED) is 0.748. The van der Waals surface area contributed by atoms with E-state index >= 15 is 0 Å². The number of para-hydroxylation sites is 2. The van der Waals surface area contributed by atoms with Crippen molar-refractivity contribution in [2.75, 3.05) is 29.1 Å². The fraction of sp³-hybridized carbons (Fsp3) is 0.429. The van der Waals surface area contributed by atoms with Gasteiger partial charge in [-0.2, -0.15) is 0 Å². The summed E-state index contributed by atoms with van der Waals surface area (Å²) in [5.74, 6) is -0.452. The Morgan fingerprint density at radius 1 is 1.17 bits per heavy atom. The van der Waals surface area contributed by atoms with E-state index in [4.69, 9.17) is 0 Å². The molecule has 0 unspecified atom stereocenters. The number of amides is 3. The number of thioether (sulfide) groups is 1. The lowest BCUT2D eigenvalue weighted by Crippen LogP contribution is -2.35. The van der Waals surface area contributed by atoms with E-state index in [1.54, 1.807) is 23.1 Å². The van der Waals surface area contributed by atoms with Crippen molar-refractivity contribution < 1.29 is 19.2 Å². The zero-order valence-electron chi connectivity index (χ0n) is 16.9. The van der Waals surface area contributed by atoms with E-state index in [0.29, 0.717) is 29.4 Å². The number of nitrogens with one attached hydrogen (secondary N) is 1. The SMILES string of the molecule is CC(C)(C)C(=O)C=C1SCC(=O)N1CC(=O)Nc1ccccc1N1CCCC1=O. The zero-order chi connectivity index (χ0) is 21.2. The zero-order valence-corrected chi connectivity index (χ0v) is 17.7. The molecule has 29 heavy (non-hydrogen) atoms. The van der Waals surface area contributed by atoms with Crippen LogP contribution in [0.1, 0.15) is 33.6 Å². The fourth-order valence-corrected chi connectivity index (χ4v) is 4.02. The summed E-state index contributed by atoms with van der Waals surface area (Å²) in [6, 6.07) is 7.13. The van der Waals surface area contributed by atoms with Gasteiger partial charge in [0, 0.05) is 24.5 Å². The van der Waals surface area contributed by atoms with Crippen molar-refractivity contribution in [3.8, 4) is 0 Å². The Balaban J connectivity index is 1.74. The van der Waals surface area contributed by atoms with Crippen molar-refractivity contribution in [1.82, 2.24) is 4.90 Å². The van der Waals surface area contributed by atoms with Gasteiger partial charge < -0.3 is 10.2 Å². The lowest BCUT2D eigenvalue weighted by atomic mass is 9.91. The van der Waals surface area contributed by atoms with Crippen LogP contribution in [0.15, 0.2) is 35.4 Å². The third-order valence-electron chi connectivity index (χ3n) is 4.75. The molecule has 0 spiro atoms. The van der Waals surface area contributed by atoms with Gasteiger partial charge in [0.25, 0.3) is 0 Å². The topological polar surface area (TPSA) is 86.8 Å². The van der Waals surface area contributed by atoms with E-state index < -0.39 is 5.41 Å². The van der Waals surface area contributed by atoms with E-state index in [9.17, 15) is 19.2 Å². The molecule has 1 aromatic carbocycles. The first-order valence-corrected chi connectivity index (χ1v) is 10.5. The highest BCUT2D eigenvalue weighted by Crippen LogP contribution is 2.32. The maximum Gasteiger partial charge on any atom is 0.244 e. The molecule has 1 N–H and O–H groups in total. The van der Waals surface area contributed by atoms with Crippen LogP contribution in [0.4, 0.5) is 11.4 Å². The third kappa shape index (κ3) is 4.87. The number of benzene rings is 1. The highest BCUT2D eigenvalue weighted by Gasteiger charge is 2.31. The van der Waals surface area contributed by atoms with Crippen molar-refractivity contribution in [2.24, 2.45) is 5.41 Å². The number of anilines is 2. The molecule has 2 saturated heterocycles. The van der Waals surface area contributed by atoms with Crippen LogP contribution in [0.2, 0.25) is 0 Å². The molecule has 8 heteroatoms. The minimum Gasteiger partial charge on any atom is -0.323 e. The second kappa shape index (κ2) is 8.41. The van der Waals surface area contributed by atoms with E-state index in [0.717, 1.165) is 6.42 Å². The highest BCUT2D eigenvalue weighted by atomic mass is 32.2. The summed E-state index contributed by atoms with van der Waals surface area (Å²) in [7, 11) is 0. The van der Waals surface area contributed by atoms with Gasteiger partial charge in [0.2, 0.25) is 17.7 Å². The molecule has 0 saturated carbocycles. The molecule has 2 heterocycles. The van der Waals surface area contributed by atoms with Crippen molar-refractivity contribution >= 4 is 46.6 Å². The van der Waals surface area contributed by atoms with E-state index in [1.165, 1.54) is 22.7 Å². The van der Waals surface area contributed by atoms with Crippen LogP contribution in [0.25, 0.3) is 0 Å². The van der Waals surface area contributed by atoms with Gasteiger partial charge in [0.15, 0.2) is 5.78 Å². The molecule has 0 atom stereocenters. The van der Waals surface area contributed by atoms with Crippen LogP contribution in [-0.4, -0.2) is 47.2 Å². The maximum atomic E-state index is 12.7. The number of hydrogen-bond acceptors (Lipinski definition) is 5. The first kappa shape index (κ1) is 21.1. The van der Waals surface area contributed by atoms with Gasteiger partial charge in [0.05, 0.1) is 22.2 Å². The molecule has 2 aliphatic heterocycles. The number of ketones is 1. The lowest BCUT2D eigenvalue weighted by Gasteiger charge is -2.22. The Hall–Kier alpha value is -2.61. The predicted molar refractivity (Wildman–Crippen MR) is 113 cm³/mol. The van der Waals surface area contributed by atoms with Gasteiger partial charge in [-0.15, -0.1) is 0 Å². The largest absolute Gasteiger partial charge is 0.323 e. The molecule has 2 aliphatic rings. The molecular weight excluding hydrogens is 390 g/mol. The monoisotopic (exact) mass is 415 g/mol. The molecule has 154 valence electrons. The van der Waals surface area contributed by atoms with Crippen LogP contribution in [-0.2, 0) is 19.2 Å². The van der Waals surface area contributed by atoms with Crippen LogP contribution >= 0.6 is 11.8 Å². The van der Waals surface area contributed by atoms with Gasteiger partial charge >= 0.3 is 0 Å². The third-order valence-corrected chi connectivity index (χ3v) is 5.77. The number of hydrogen-bond donors (Lipinski definition) is 1. The predicted octanol–water partition coefficient (Wildman–Crippen LogP) is 2.78. The van der Waals surface area contributed by atoms with Crippen molar-refractivity contribution in [3.63, 3.8) is 0 Å². The minimum absolute atomic E-state index is 0.0312. The van der Waals surface area contributed by atoms with E-state index in [2.05, 4.69) is 5.32 Å². The first-order chi connectivity index (χ1) is 13.7. The molecule has 2 fully saturated rings. The Bertz CT molecular complexity index is 888. The minimum atomic E-state index is -0.561. The van der Waals surface area contributed by atoms with Crippen LogP contribution in [0.5, 0.6) is 0 Å². The molecule has 0 radical (unpaired) electrons. The van der Waals surface area contributed by atoms with Gasteiger partial charge in [-0.05, 0) is 18.6 Å². The number of rotatable bonds is 5. The molecule has 0 bridgehead atoms. The maximum absolute atomic E-state index is 12.7. The van der Waals surface area contributed by atoms with Crippen LogP contribution in [0.3, 0.4) is 0 Å². The van der Waals surface area contributed by atoms with E-state index in [-0.39, 0.29) is 35.8 Å². The molecule has 0 aromatic heterocycles. The Kier molecular flexibility index (Phi) is 6.12. The summed E-state index contributed by atoms with van der Waals surface area (Å²) < 4.78 is 0. The number of allylic oxidation sites excluding steroid dienone is 1. The van der Waals surface area contributed by atoms with Gasteiger partial charge in [-0.1, -0.05) is 44.7 Å². The summed E-state index contributed by atoms with van der Waals surface area (Å²) >= 11 is 1.26. The lowest BCUT2D eigenvalue weighted by molar-refractivity contribution is -0.129. The Labute approximate surface area is 174 Å².